The van der Waals surface area contributed by atoms with E-state index < -0.39 is 11.1 Å². The van der Waals surface area contributed by atoms with Gasteiger partial charge < -0.3 is 10.3 Å². The van der Waals surface area contributed by atoms with Crippen molar-refractivity contribution in [3.05, 3.63) is 60.8 Å². The second kappa shape index (κ2) is 6.64. The summed E-state index contributed by atoms with van der Waals surface area (Å²) in [7, 11) is 0. The predicted octanol–water partition coefficient (Wildman–Crippen LogP) is 2.51. The zero-order chi connectivity index (χ0) is 16.2. The quantitative estimate of drug-likeness (QED) is 0.714. The van der Waals surface area contributed by atoms with Crippen LogP contribution in [-0.4, -0.2) is 23.7 Å². The van der Waals surface area contributed by atoms with Crippen LogP contribution in [0.5, 0.6) is 0 Å². The smallest absolute Gasteiger partial charge is 0.157 e. The van der Waals surface area contributed by atoms with E-state index in [9.17, 15) is 4.21 Å². The zero-order valence-electron chi connectivity index (χ0n) is 12.1. The van der Waals surface area contributed by atoms with Crippen LogP contribution in [0.25, 0.3) is 22.3 Å². The molecule has 2 heterocycles. The van der Waals surface area contributed by atoms with Gasteiger partial charge in [0.2, 0.25) is 0 Å². The molecule has 3 rings (SSSR count). The lowest BCUT2D eigenvalue weighted by Gasteiger charge is -2.08. The molecule has 0 saturated carbocycles. The summed E-state index contributed by atoms with van der Waals surface area (Å²) in [5.41, 5.74) is 10.2. The van der Waals surface area contributed by atoms with Crippen molar-refractivity contribution < 1.29 is 8.76 Å². The Balaban J connectivity index is 1.96. The first-order chi connectivity index (χ1) is 11.1. The van der Waals surface area contributed by atoms with Crippen LogP contribution in [0.2, 0.25) is 0 Å². The molecule has 23 heavy (non-hydrogen) atoms. The number of nitrogens with zero attached hydrogens (tertiary/aromatic N) is 3. The minimum Gasteiger partial charge on any atom is -0.383 e. The molecule has 0 radical (unpaired) electrons. The van der Waals surface area contributed by atoms with Crippen LogP contribution < -0.4 is 5.73 Å². The van der Waals surface area contributed by atoms with Gasteiger partial charge in [-0.3, -0.25) is 0 Å². The molecule has 0 aliphatic rings. The van der Waals surface area contributed by atoms with Crippen LogP contribution in [-0.2, 0) is 16.8 Å². The maximum absolute atomic E-state index is 10.8. The molecule has 3 aromatic rings. The molecule has 0 saturated heterocycles. The van der Waals surface area contributed by atoms with Gasteiger partial charge in [-0.15, -0.1) is 0 Å². The van der Waals surface area contributed by atoms with Gasteiger partial charge in [-0.1, -0.05) is 24.3 Å². The molecule has 1 aromatic carbocycles. The minimum atomic E-state index is -1.84. The summed E-state index contributed by atoms with van der Waals surface area (Å²) in [4.78, 5) is 12.2. The Hall–Kier alpha value is -2.64. The average molecular weight is 326 g/mol. The standard InChI is InChI=1S/C16H14N4O2S/c17-16-15(14-6-18-10-19-7-14)5-13(8-20-16)12-3-1-11(2-4-12)9-23(21)22/h1-8,10H,9H2,(H2,17,20)(H,21,22). The summed E-state index contributed by atoms with van der Waals surface area (Å²) in [5.74, 6) is 0.531. The topological polar surface area (TPSA) is 102 Å². The molecule has 0 spiro atoms. The maximum atomic E-state index is 10.8. The number of benzene rings is 1. The Morgan fingerprint density at radius 1 is 1.00 bits per heavy atom. The Morgan fingerprint density at radius 3 is 2.35 bits per heavy atom. The highest BCUT2D eigenvalue weighted by Gasteiger charge is 2.08. The van der Waals surface area contributed by atoms with E-state index in [4.69, 9.17) is 10.3 Å². The highest BCUT2D eigenvalue weighted by Crippen LogP contribution is 2.28. The van der Waals surface area contributed by atoms with Gasteiger partial charge in [-0.25, -0.2) is 19.2 Å². The van der Waals surface area contributed by atoms with Gasteiger partial charge in [-0.05, 0) is 17.2 Å². The van der Waals surface area contributed by atoms with Gasteiger partial charge in [0.1, 0.15) is 12.1 Å². The van der Waals surface area contributed by atoms with Crippen molar-refractivity contribution in [3.8, 4) is 22.3 Å². The molecule has 1 unspecified atom stereocenters. The largest absolute Gasteiger partial charge is 0.383 e. The normalized spacial score (nSPS) is 12.0. The second-order valence-corrected chi connectivity index (χ2v) is 5.88. The van der Waals surface area contributed by atoms with Gasteiger partial charge >= 0.3 is 0 Å². The fourth-order valence-corrected chi connectivity index (χ4v) is 2.72. The summed E-state index contributed by atoms with van der Waals surface area (Å²) in [6, 6.07) is 9.36. The highest BCUT2D eigenvalue weighted by atomic mass is 32.2. The van der Waals surface area contributed by atoms with Gasteiger partial charge in [0.05, 0.1) is 5.75 Å². The molecule has 0 fully saturated rings. The maximum Gasteiger partial charge on any atom is 0.157 e. The minimum absolute atomic E-state index is 0.118. The van der Waals surface area contributed by atoms with E-state index in [0.717, 1.165) is 27.8 Å². The number of hydrogen-bond donors (Lipinski definition) is 2. The summed E-state index contributed by atoms with van der Waals surface area (Å²) >= 11 is -1.84. The second-order valence-electron chi connectivity index (χ2n) is 4.95. The first-order valence-corrected chi connectivity index (χ1v) is 8.09. The predicted molar refractivity (Wildman–Crippen MR) is 89.6 cm³/mol. The SMILES string of the molecule is Nc1ncc(-c2ccc(CS(=O)O)cc2)cc1-c1cncnc1. The number of nitrogens with two attached hydrogens (primary N) is 1. The lowest BCUT2D eigenvalue weighted by Crippen LogP contribution is -1.96. The van der Waals surface area contributed by atoms with Crippen molar-refractivity contribution in [2.45, 2.75) is 5.75 Å². The van der Waals surface area contributed by atoms with E-state index >= 15 is 0 Å². The number of rotatable bonds is 4. The van der Waals surface area contributed by atoms with Crippen LogP contribution in [0.1, 0.15) is 5.56 Å². The molecule has 116 valence electrons. The molecule has 0 aliphatic heterocycles. The van der Waals surface area contributed by atoms with Crippen molar-refractivity contribution >= 4 is 16.9 Å². The molecule has 0 bridgehead atoms. The molecule has 6 nitrogen and oxygen atoms in total. The van der Waals surface area contributed by atoms with E-state index in [1.54, 1.807) is 18.6 Å². The average Bonchev–Trinajstić information content (AvgIpc) is 2.56. The van der Waals surface area contributed by atoms with E-state index in [-0.39, 0.29) is 5.75 Å². The molecule has 0 aliphatic carbocycles. The van der Waals surface area contributed by atoms with Gasteiger partial charge in [-0.2, -0.15) is 0 Å². The number of pyridine rings is 1. The molecule has 3 N–H and O–H groups in total. The Kier molecular flexibility index (Phi) is 4.40. The van der Waals surface area contributed by atoms with Crippen LogP contribution in [0, 0.1) is 0 Å². The monoisotopic (exact) mass is 326 g/mol. The van der Waals surface area contributed by atoms with E-state index in [1.807, 2.05) is 30.3 Å². The van der Waals surface area contributed by atoms with E-state index in [1.165, 1.54) is 6.33 Å². The van der Waals surface area contributed by atoms with Crippen molar-refractivity contribution in [2.75, 3.05) is 5.73 Å². The number of nitrogen functional groups attached to an aromatic ring is 1. The summed E-state index contributed by atoms with van der Waals surface area (Å²) in [5, 5.41) is 0. The highest BCUT2D eigenvalue weighted by molar-refractivity contribution is 7.78. The number of aromatic nitrogens is 3. The molecular formula is C16H14N4O2S. The van der Waals surface area contributed by atoms with E-state index in [2.05, 4.69) is 15.0 Å². The summed E-state index contributed by atoms with van der Waals surface area (Å²) in [6.45, 7) is 0. The van der Waals surface area contributed by atoms with Gasteiger partial charge in [0, 0.05) is 35.3 Å². The summed E-state index contributed by atoms with van der Waals surface area (Å²) < 4.78 is 19.8. The van der Waals surface area contributed by atoms with Crippen molar-refractivity contribution in [1.29, 1.82) is 0 Å². The lowest BCUT2D eigenvalue weighted by atomic mass is 10.0. The lowest BCUT2D eigenvalue weighted by molar-refractivity contribution is 0.563. The first kappa shape index (κ1) is 15.3. The fourth-order valence-electron chi connectivity index (χ4n) is 2.24. The van der Waals surface area contributed by atoms with Crippen LogP contribution in [0.15, 0.2) is 55.2 Å². The first-order valence-electron chi connectivity index (χ1n) is 6.81. The summed E-state index contributed by atoms with van der Waals surface area (Å²) in [6.07, 6.45) is 6.52. The molecular weight excluding hydrogens is 312 g/mol. The Labute approximate surface area is 135 Å². The third-order valence-corrected chi connectivity index (χ3v) is 3.95. The van der Waals surface area contributed by atoms with Crippen molar-refractivity contribution in [1.82, 2.24) is 15.0 Å². The Morgan fingerprint density at radius 2 is 1.70 bits per heavy atom. The van der Waals surface area contributed by atoms with Crippen LogP contribution in [0.3, 0.4) is 0 Å². The Bertz CT molecular complexity index is 838. The van der Waals surface area contributed by atoms with Gasteiger partial charge in [0.25, 0.3) is 0 Å². The van der Waals surface area contributed by atoms with Crippen LogP contribution in [0.4, 0.5) is 5.82 Å². The number of anilines is 1. The van der Waals surface area contributed by atoms with Crippen LogP contribution >= 0.6 is 0 Å². The third-order valence-electron chi connectivity index (χ3n) is 3.37. The van der Waals surface area contributed by atoms with Crippen molar-refractivity contribution in [3.63, 3.8) is 0 Å². The number of hydrogen-bond acceptors (Lipinski definition) is 5. The molecule has 0 amide bonds. The van der Waals surface area contributed by atoms with Gasteiger partial charge in [0.15, 0.2) is 11.1 Å². The molecule has 2 aromatic heterocycles. The molecule has 7 heteroatoms. The third kappa shape index (κ3) is 3.58. The van der Waals surface area contributed by atoms with Crippen molar-refractivity contribution in [2.24, 2.45) is 0 Å². The zero-order valence-corrected chi connectivity index (χ0v) is 12.9. The molecule has 1 atom stereocenters. The fraction of sp³-hybridized carbons (Fsp3) is 0.0625. The van der Waals surface area contributed by atoms with E-state index in [0.29, 0.717) is 5.82 Å².